The molecule has 1 aromatic rings. The SMILES string of the molecule is [2H]C1([2H])CN(C)CC([2H])([2H])C1(C(=O)OCC)c1ccccc1. The lowest BCUT2D eigenvalue weighted by Crippen LogP contribution is -2.47. The van der Waals surface area contributed by atoms with Gasteiger partial charge < -0.3 is 9.64 Å². The molecule has 0 saturated carbocycles. The molecule has 3 nitrogen and oxygen atoms in total. The number of carbonyl (C=O) groups is 1. The van der Waals surface area contributed by atoms with Gasteiger partial charge in [-0.2, -0.15) is 0 Å². The van der Waals surface area contributed by atoms with E-state index >= 15 is 0 Å². The van der Waals surface area contributed by atoms with Crippen LogP contribution in [-0.2, 0) is 14.9 Å². The molecule has 1 aliphatic heterocycles. The van der Waals surface area contributed by atoms with Crippen molar-refractivity contribution in [1.82, 2.24) is 4.90 Å². The fourth-order valence-corrected chi connectivity index (χ4v) is 2.02. The number of hydrogen-bond acceptors (Lipinski definition) is 3. The van der Waals surface area contributed by atoms with Crippen molar-refractivity contribution >= 4 is 5.97 Å². The number of carbonyl (C=O) groups excluding carboxylic acids is 1. The van der Waals surface area contributed by atoms with E-state index in [1.165, 1.54) is 0 Å². The second kappa shape index (κ2) is 5.53. The van der Waals surface area contributed by atoms with Crippen molar-refractivity contribution in [3.05, 3.63) is 35.9 Å². The number of piperidine rings is 1. The minimum Gasteiger partial charge on any atom is -0.465 e. The maximum Gasteiger partial charge on any atom is 0.316 e. The maximum absolute atomic E-state index is 12.7. The molecule has 0 radical (unpaired) electrons. The van der Waals surface area contributed by atoms with Gasteiger partial charge in [0.15, 0.2) is 0 Å². The van der Waals surface area contributed by atoms with Crippen molar-refractivity contribution in [2.45, 2.75) is 25.1 Å². The maximum atomic E-state index is 12.7. The van der Waals surface area contributed by atoms with Crippen LogP contribution in [0.3, 0.4) is 0 Å². The number of hydrogen-bond donors (Lipinski definition) is 0. The molecular formula is C15H21NO2. The molecule has 1 aromatic carbocycles. The van der Waals surface area contributed by atoms with E-state index in [1.54, 1.807) is 49.2 Å². The van der Waals surface area contributed by atoms with Crippen LogP contribution in [0, 0.1) is 0 Å². The normalized spacial score (nSPS) is 28.3. The Labute approximate surface area is 114 Å². The predicted octanol–water partition coefficient (Wildman–Crippen LogP) is 2.21. The van der Waals surface area contributed by atoms with Crippen molar-refractivity contribution in [1.29, 1.82) is 0 Å². The molecule has 0 amide bonds. The van der Waals surface area contributed by atoms with Crippen molar-refractivity contribution < 1.29 is 15.0 Å². The number of rotatable bonds is 3. The van der Waals surface area contributed by atoms with Crippen LogP contribution in [0.4, 0.5) is 0 Å². The minimum absolute atomic E-state index is 0.0414. The lowest BCUT2D eigenvalue weighted by molar-refractivity contribution is -0.152. The summed E-state index contributed by atoms with van der Waals surface area (Å²) < 4.78 is 38.9. The summed E-state index contributed by atoms with van der Waals surface area (Å²) in [7, 11) is 1.65. The first-order valence-corrected chi connectivity index (χ1v) is 6.10. The summed E-state index contributed by atoms with van der Waals surface area (Å²) in [6, 6.07) is 8.31. The van der Waals surface area contributed by atoms with Gasteiger partial charge in [0.1, 0.15) is 0 Å². The Hall–Kier alpha value is -1.35. The first-order valence-electron chi connectivity index (χ1n) is 8.10. The van der Waals surface area contributed by atoms with Crippen LogP contribution in [0.1, 0.15) is 30.7 Å². The molecule has 1 heterocycles. The van der Waals surface area contributed by atoms with Gasteiger partial charge >= 0.3 is 5.97 Å². The van der Waals surface area contributed by atoms with Crippen LogP contribution < -0.4 is 0 Å². The highest BCUT2D eigenvalue weighted by molar-refractivity contribution is 5.83. The molecule has 0 aromatic heterocycles. The van der Waals surface area contributed by atoms with Crippen LogP contribution in [-0.4, -0.2) is 37.6 Å². The lowest BCUT2D eigenvalue weighted by Gasteiger charge is -2.38. The summed E-state index contributed by atoms with van der Waals surface area (Å²) >= 11 is 0. The Morgan fingerprint density at radius 1 is 1.39 bits per heavy atom. The Bertz CT molecular complexity index is 530. The molecule has 1 aliphatic rings. The second-order valence-electron chi connectivity index (χ2n) is 4.36. The van der Waals surface area contributed by atoms with Gasteiger partial charge in [-0.15, -0.1) is 0 Å². The third-order valence-electron chi connectivity index (χ3n) is 3.02. The molecule has 3 heteroatoms. The third kappa shape index (κ3) is 2.41. The molecule has 98 valence electrons. The van der Waals surface area contributed by atoms with Gasteiger partial charge in [-0.05, 0) is 45.4 Å². The summed E-state index contributed by atoms with van der Waals surface area (Å²) in [4.78, 5) is 14.3. The largest absolute Gasteiger partial charge is 0.465 e. The molecular weight excluding hydrogens is 226 g/mol. The van der Waals surface area contributed by atoms with Gasteiger partial charge in [-0.25, -0.2) is 0 Å². The molecule has 1 fully saturated rings. The van der Waals surface area contributed by atoms with Crippen LogP contribution in [0.15, 0.2) is 30.3 Å². The van der Waals surface area contributed by atoms with Gasteiger partial charge in [0, 0.05) is 5.48 Å². The summed E-state index contributed by atoms with van der Waals surface area (Å²) in [6.07, 6.45) is -4.20. The first kappa shape index (κ1) is 8.70. The van der Waals surface area contributed by atoms with E-state index in [-0.39, 0.29) is 19.7 Å². The van der Waals surface area contributed by atoms with E-state index in [1.807, 2.05) is 0 Å². The van der Waals surface area contributed by atoms with E-state index in [2.05, 4.69) is 0 Å². The molecule has 0 aliphatic carbocycles. The topological polar surface area (TPSA) is 29.5 Å². The smallest absolute Gasteiger partial charge is 0.316 e. The summed E-state index contributed by atoms with van der Waals surface area (Å²) in [6.45, 7) is 1.63. The van der Waals surface area contributed by atoms with Crippen LogP contribution in [0.25, 0.3) is 0 Å². The monoisotopic (exact) mass is 251 g/mol. The zero-order chi connectivity index (χ0) is 16.6. The summed E-state index contributed by atoms with van der Waals surface area (Å²) in [5.41, 5.74) is -1.67. The quantitative estimate of drug-likeness (QED) is 0.771. The number of benzene rings is 1. The zero-order valence-electron chi connectivity index (χ0n) is 14.8. The van der Waals surface area contributed by atoms with Crippen molar-refractivity contribution in [2.24, 2.45) is 0 Å². The van der Waals surface area contributed by atoms with Crippen LogP contribution in [0.5, 0.6) is 0 Å². The van der Waals surface area contributed by atoms with Gasteiger partial charge in [0.05, 0.1) is 12.0 Å². The minimum atomic E-state index is -2.10. The average molecular weight is 251 g/mol. The predicted molar refractivity (Wildman–Crippen MR) is 71.5 cm³/mol. The molecule has 0 unspecified atom stereocenters. The number of likely N-dealkylation sites (tertiary alicyclic amines) is 1. The van der Waals surface area contributed by atoms with Crippen LogP contribution in [0.2, 0.25) is 0 Å². The molecule has 2 rings (SSSR count). The summed E-state index contributed by atoms with van der Waals surface area (Å²) in [5, 5.41) is 0. The number of ether oxygens (including phenoxy) is 1. The van der Waals surface area contributed by atoms with Gasteiger partial charge in [-0.1, -0.05) is 30.3 Å². The molecule has 0 bridgehead atoms. The Morgan fingerprint density at radius 2 is 2.00 bits per heavy atom. The van der Waals surface area contributed by atoms with E-state index in [9.17, 15) is 4.79 Å². The van der Waals surface area contributed by atoms with Gasteiger partial charge in [0.2, 0.25) is 0 Å². The van der Waals surface area contributed by atoms with Crippen molar-refractivity contribution in [3.8, 4) is 0 Å². The highest BCUT2D eigenvalue weighted by Crippen LogP contribution is 2.36. The van der Waals surface area contributed by atoms with Crippen molar-refractivity contribution in [3.63, 3.8) is 0 Å². The molecule has 0 spiro atoms. The molecule has 0 N–H and O–H groups in total. The Morgan fingerprint density at radius 3 is 2.56 bits per heavy atom. The van der Waals surface area contributed by atoms with Crippen molar-refractivity contribution in [2.75, 3.05) is 26.7 Å². The van der Waals surface area contributed by atoms with Crippen LogP contribution >= 0.6 is 0 Å². The standard InChI is InChI=1S/C15H21NO2/c1-3-18-14(17)15(9-11-16(2)12-10-15)13-7-5-4-6-8-13/h4-8H,3,9-12H2,1-2H3/i9D2,10D2. The second-order valence-corrected chi connectivity index (χ2v) is 4.36. The average Bonchev–Trinajstić information content (AvgIpc) is 2.37. The molecule has 18 heavy (non-hydrogen) atoms. The van der Waals surface area contributed by atoms with E-state index < -0.39 is 24.1 Å². The molecule has 1 saturated heterocycles. The highest BCUT2D eigenvalue weighted by atomic mass is 16.5. The number of nitrogens with zero attached hydrogens (tertiary/aromatic N) is 1. The molecule has 0 atom stereocenters. The number of esters is 1. The first-order chi connectivity index (χ1) is 10.2. The van der Waals surface area contributed by atoms with Gasteiger partial charge in [-0.3, -0.25) is 4.79 Å². The fraction of sp³-hybridized carbons (Fsp3) is 0.533. The Balaban J connectivity index is 2.73. The van der Waals surface area contributed by atoms with E-state index in [0.717, 1.165) is 0 Å². The van der Waals surface area contributed by atoms with Gasteiger partial charge in [0.25, 0.3) is 0 Å². The summed E-state index contributed by atoms with van der Waals surface area (Å²) in [5.74, 6) is -0.843. The lowest BCUT2D eigenvalue weighted by atomic mass is 9.73. The third-order valence-corrected chi connectivity index (χ3v) is 3.02. The van der Waals surface area contributed by atoms with E-state index in [0.29, 0.717) is 5.56 Å². The Kier molecular flexibility index (Phi) is 2.67. The van der Waals surface area contributed by atoms with E-state index in [4.69, 9.17) is 10.2 Å². The fourth-order valence-electron chi connectivity index (χ4n) is 2.02. The zero-order valence-corrected chi connectivity index (χ0v) is 10.8. The highest BCUT2D eigenvalue weighted by Gasteiger charge is 2.43.